The summed E-state index contributed by atoms with van der Waals surface area (Å²) in [4.78, 5) is 15.6. The smallest absolute Gasteiger partial charge is 0.318 e. The summed E-state index contributed by atoms with van der Waals surface area (Å²) in [6, 6.07) is 9.37. The molecular formula is C17H20N2O3S. The van der Waals surface area contributed by atoms with Gasteiger partial charge in [-0.2, -0.15) is 0 Å². The Balaban J connectivity index is 1.62. The highest BCUT2D eigenvalue weighted by molar-refractivity contribution is 7.10. The summed E-state index contributed by atoms with van der Waals surface area (Å²) < 4.78 is 5.02. The number of nitrogens with one attached hydrogen (secondary N) is 1. The number of amides is 2. The van der Waals surface area contributed by atoms with E-state index in [4.69, 9.17) is 4.74 Å². The van der Waals surface area contributed by atoms with Gasteiger partial charge < -0.3 is 20.1 Å². The molecule has 6 heteroatoms. The number of rotatable bonds is 4. The first-order valence-corrected chi connectivity index (χ1v) is 8.51. The van der Waals surface area contributed by atoms with Crippen LogP contribution in [0.5, 0.6) is 11.5 Å². The lowest BCUT2D eigenvalue weighted by molar-refractivity contribution is 0.193. The van der Waals surface area contributed by atoms with Gasteiger partial charge in [0.2, 0.25) is 0 Å². The van der Waals surface area contributed by atoms with Gasteiger partial charge >= 0.3 is 6.03 Å². The molecule has 2 heterocycles. The number of likely N-dealkylation sites (tertiary alicyclic amines) is 1. The summed E-state index contributed by atoms with van der Waals surface area (Å²) in [6.45, 7) is 1.16. The lowest BCUT2D eigenvalue weighted by Gasteiger charge is -2.24. The number of carbonyl (C=O) groups excluding carboxylic acids is 1. The predicted molar refractivity (Wildman–Crippen MR) is 89.9 cm³/mol. The summed E-state index contributed by atoms with van der Waals surface area (Å²) in [6.07, 6.45) is 2.04. The molecule has 23 heavy (non-hydrogen) atoms. The quantitative estimate of drug-likeness (QED) is 0.901. The van der Waals surface area contributed by atoms with Crippen molar-refractivity contribution in [3.8, 4) is 11.5 Å². The Morgan fingerprint density at radius 3 is 3.04 bits per heavy atom. The molecule has 0 spiro atoms. The van der Waals surface area contributed by atoms with E-state index in [0.29, 0.717) is 12.3 Å². The summed E-state index contributed by atoms with van der Waals surface area (Å²) in [5.74, 6) is 0.509. The molecule has 0 radical (unpaired) electrons. The molecule has 0 saturated carbocycles. The fraction of sp³-hybridized carbons (Fsp3) is 0.353. The lowest BCUT2D eigenvalue weighted by Crippen LogP contribution is -2.38. The maximum atomic E-state index is 12.5. The minimum Gasteiger partial charge on any atom is -0.504 e. The van der Waals surface area contributed by atoms with Crippen LogP contribution in [0.3, 0.4) is 0 Å². The van der Waals surface area contributed by atoms with Gasteiger partial charge in [-0.05, 0) is 42.0 Å². The fourth-order valence-corrected chi connectivity index (χ4v) is 3.78. The topological polar surface area (TPSA) is 61.8 Å². The van der Waals surface area contributed by atoms with Crippen molar-refractivity contribution in [1.29, 1.82) is 0 Å². The van der Waals surface area contributed by atoms with Crippen LogP contribution < -0.4 is 10.1 Å². The molecule has 1 aromatic heterocycles. The molecule has 1 fully saturated rings. The summed E-state index contributed by atoms with van der Waals surface area (Å²) in [5, 5.41) is 14.8. The van der Waals surface area contributed by atoms with Crippen LogP contribution >= 0.6 is 11.3 Å². The van der Waals surface area contributed by atoms with Crippen LogP contribution in [0.2, 0.25) is 0 Å². The van der Waals surface area contributed by atoms with Gasteiger partial charge in [-0.3, -0.25) is 0 Å². The van der Waals surface area contributed by atoms with Crippen LogP contribution in [0.15, 0.2) is 35.7 Å². The maximum Gasteiger partial charge on any atom is 0.318 e. The zero-order valence-electron chi connectivity index (χ0n) is 13.0. The second-order valence-corrected chi connectivity index (χ2v) is 6.51. The highest BCUT2D eigenvalue weighted by Crippen LogP contribution is 2.34. The molecule has 1 unspecified atom stereocenters. The molecule has 0 bridgehead atoms. The van der Waals surface area contributed by atoms with Gasteiger partial charge in [0.1, 0.15) is 0 Å². The third kappa shape index (κ3) is 3.42. The van der Waals surface area contributed by atoms with Gasteiger partial charge in [0.15, 0.2) is 11.5 Å². The van der Waals surface area contributed by atoms with E-state index in [-0.39, 0.29) is 17.8 Å². The number of hydrogen-bond acceptors (Lipinski definition) is 4. The highest BCUT2D eigenvalue weighted by Gasteiger charge is 2.30. The first-order valence-electron chi connectivity index (χ1n) is 7.63. The Morgan fingerprint density at radius 1 is 1.48 bits per heavy atom. The Hall–Kier alpha value is -2.21. The zero-order valence-corrected chi connectivity index (χ0v) is 13.8. The van der Waals surface area contributed by atoms with E-state index in [1.807, 2.05) is 22.4 Å². The minimum atomic E-state index is -0.0591. The number of ether oxygens (including phenoxy) is 1. The fourth-order valence-electron chi connectivity index (χ4n) is 2.91. The number of methoxy groups -OCH3 is 1. The molecule has 122 valence electrons. The maximum absolute atomic E-state index is 12.5. The van der Waals surface area contributed by atoms with E-state index < -0.39 is 0 Å². The average molecular weight is 332 g/mol. The number of thiophene rings is 1. The number of phenols is 1. The summed E-state index contributed by atoms with van der Waals surface area (Å²) in [7, 11) is 1.51. The van der Waals surface area contributed by atoms with Crippen LogP contribution in [0, 0.1) is 0 Å². The van der Waals surface area contributed by atoms with Crippen molar-refractivity contribution < 1.29 is 14.6 Å². The van der Waals surface area contributed by atoms with Crippen LogP contribution in [-0.2, 0) is 6.54 Å². The molecule has 2 amide bonds. The molecule has 1 atom stereocenters. The van der Waals surface area contributed by atoms with Crippen LogP contribution in [-0.4, -0.2) is 29.7 Å². The van der Waals surface area contributed by atoms with Gasteiger partial charge in [-0.15, -0.1) is 11.3 Å². The predicted octanol–water partition coefficient (Wildman–Crippen LogP) is 3.51. The van der Waals surface area contributed by atoms with E-state index >= 15 is 0 Å². The monoisotopic (exact) mass is 332 g/mol. The third-order valence-corrected chi connectivity index (χ3v) is 5.05. The van der Waals surface area contributed by atoms with Crippen molar-refractivity contribution in [2.75, 3.05) is 13.7 Å². The normalized spacial score (nSPS) is 17.3. The SMILES string of the molecule is COc1ccc(CNC(=O)N2CCCC2c2cccs2)cc1O. The Labute approximate surface area is 139 Å². The van der Waals surface area contributed by atoms with Crippen LogP contribution in [0.1, 0.15) is 29.3 Å². The lowest BCUT2D eigenvalue weighted by atomic mass is 10.2. The third-order valence-electron chi connectivity index (χ3n) is 4.07. The molecule has 1 saturated heterocycles. The number of urea groups is 1. The van der Waals surface area contributed by atoms with Crippen molar-refractivity contribution in [3.05, 3.63) is 46.2 Å². The first kappa shape index (κ1) is 15.7. The second-order valence-electron chi connectivity index (χ2n) is 5.53. The standard InChI is InChI=1S/C17H20N2O3S/c1-22-15-7-6-12(10-14(15)20)11-18-17(21)19-8-2-4-13(19)16-5-3-9-23-16/h3,5-7,9-10,13,20H,2,4,8,11H2,1H3,(H,18,21). The Morgan fingerprint density at radius 2 is 2.35 bits per heavy atom. The second kappa shape index (κ2) is 6.91. The molecule has 2 N–H and O–H groups in total. The number of aromatic hydroxyl groups is 1. The van der Waals surface area contributed by atoms with E-state index in [1.165, 1.54) is 12.0 Å². The number of benzene rings is 1. The van der Waals surface area contributed by atoms with Gasteiger partial charge in [-0.25, -0.2) is 4.79 Å². The zero-order chi connectivity index (χ0) is 16.2. The number of nitrogens with zero attached hydrogens (tertiary/aromatic N) is 1. The Bertz CT molecular complexity index is 672. The van der Waals surface area contributed by atoms with Crippen molar-refractivity contribution in [3.63, 3.8) is 0 Å². The van der Waals surface area contributed by atoms with E-state index in [1.54, 1.807) is 23.5 Å². The number of carbonyl (C=O) groups is 1. The van der Waals surface area contributed by atoms with E-state index in [0.717, 1.165) is 24.9 Å². The molecule has 2 aromatic rings. The largest absolute Gasteiger partial charge is 0.504 e. The molecular weight excluding hydrogens is 312 g/mol. The summed E-state index contributed by atoms with van der Waals surface area (Å²) in [5.41, 5.74) is 0.837. The average Bonchev–Trinajstić information content (AvgIpc) is 3.23. The molecule has 1 aromatic carbocycles. The van der Waals surface area contributed by atoms with Gasteiger partial charge in [0.25, 0.3) is 0 Å². The number of phenolic OH excluding ortho intramolecular Hbond substituents is 1. The van der Waals surface area contributed by atoms with Crippen molar-refractivity contribution in [2.24, 2.45) is 0 Å². The van der Waals surface area contributed by atoms with E-state index in [2.05, 4.69) is 11.4 Å². The minimum absolute atomic E-state index is 0.0591. The van der Waals surface area contributed by atoms with E-state index in [9.17, 15) is 9.90 Å². The number of hydrogen-bond donors (Lipinski definition) is 2. The molecule has 0 aliphatic carbocycles. The van der Waals surface area contributed by atoms with Crippen LogP contribution in [0.25, 0.3) is 0 Å². The Kier molecular flexibility index (Phi) is 4.71. The molecule has 3 rings (SSSR count). The molecule has 5 nitrogen and oxygen atoms in total. The van der Waals surface area contributed by atoms with Crippen molar-refractivity contribution in [2.45, 2.75) is 25.4 Å². The first-order chi connectivity index (χ1) is 11.2. The van der Waals surface area contributed by atoms with Crippen molar-refractivity contribution in [1.82, 2.24) is 10.2 Å². The molecule has 1 aliphatic heterocycles. The summed E-state index contributed by atoms with van der Waals surface area (Å²) >= 11 is 1.69. The van der Waals surface area contributed by atoms with Gasteiger partial charge in [-0.1, -0.05) is 12.1 Å². The van der Waals surface area contributed by atoms with Gasteiger partial charge in [0.05, 0.1) is 13.2 Å². The van der Waals surface area contributed by atoms with Gasteiger partial charge in [0, 0.05) is 18.0 Å². The highest BCUT2D eigenvalue weighted by atomic mass is 32.1. The molecule has 1 aliphatic rings. The van der Waals surface area contributed by atoms with Crippen molar-refractivity contribution >= 4 is 17.4 Å². The van der Waals surface area contributed by atoms with Crippen LogP contribution in [0.4, 0.5) is 4.79 Å².